The molecule has 3 heterocycles. The van der Waals surface area contributed by atoms with Crippen molar-refractivity contribution in [1.29, 1.82) is 0 Å². The van der Waals surface area contributed by atoms with Gasteiger partial charge < -0.3 is 10.6 Å². The quantitative estimate of drug-likeness (QED) is 0.409. The lowest BCUT2D eigenvalue weighted by Gasteiger charge is -2.11. The van der Waals surface area contributed by atoms with Crippen molar-refractivity contribution in [2.75, 3.05) is 10.6 Å². The maximum absolute atomic E-state index is 13.2. The molecule has 0 aliphatic rings. The van der Waals surface area contributed by atoms with Crippen molar-refractivity contribution < 1.29 is 31.1 Å². The van der Waals surface area contributed by atoms with E-state index in [9.17, 15) is 31.1 Å². The van der Waals surface area contributed by atoms with Crippen molar-refractivity contribution in [3.05, 3.63) is 71.8 Å². The largest absolute Gasteiger partial charge is 0.434 e. The molecule has 0 radical (unpaired) electrons. The number of imidazole rings is 1. The number of anilines is 3. The van der Waals surface area contributed by atoms with Crippen LogP contribution in [-0.2, 0) is 19.4 Å². The van der Waals surface area contributed by atoms with Crippen LogP contribution in [0.2, 0.25) is 0 Å². The predicted molar refractivity (Wildman–Crippen MR) is 106 cm³/mol. The molecular weight excluding hydrogens is 454 g/mol. The molecule has 2 N–H and O–H groups in total. The number of nitrogens with one attached hydrogen (secondary N) is 2. The van der Waals surface area contributed by atoms with E-state index in [-0.39, 0.29) is 11.3 Å². The lowest BCUT2D eigenvalue weighted by atomic mass is 10.2. The summed E-state index contributed by atoms with van der Waals surface area (Å²) in [5.41, 5.74) is -2.08. The number of fused-ring (bicyclic) bond motifs is 1. The van der Waals surface area contributed by atoms with Crippen LogP contribution in [0.4, 0.5) is 43.5 Å². The van der Waals surface area contributed by atoms with Crippen LogP contribution < -0.4 is 10.6 Å². The molecule has 4 rings (SSSR count). The molecule has 1 amide bonds. The van der Waals surface area contributed by atoms with Crippen molar-refractivity contribution in [1.82, 2.24) is 19.2 Å². The summed E-state index contributed by atoms with van der Waals surface area (Å²) in [7, 11) is 1.08. The van der Waals surface area contributed by atoms with E-state index in [1.54, 1.807) is 6.07 Å². The van der Waals surface area contributed by atoms with Gasteiger partial charge in [0.05, 0.1) is 11.8 Å². The van der Waals surface area contributed by atoms with E-state index in [0.717, 1.165) is 19.4 Å². The zero-order valence-corrected chi connectivity index (χ0v) is 16.7. The molecule has 172 valence electrons. The maximum atomic E-state index is 13.2. The van der Waals surface area contributed by atoms with Gasteiger partial charge in [0.1, 0.15) is 11.5 Å². The fourth-order valence-corrected chi connectivity index (χ4v) is 3.17. The number of rotatable bonds is 4. The van der Waals surface area contributed by atoms with E-state index >= 15 is 0 Å². The number of nitrogens with zero attached hydrogens (tertiary/aromatic N) is 4. The third kappa shape index (κ3) is 4.47. The molecule has 0 fully saturated rings. The fourth-order valence-electron chi connectivity index (χ4n) is 3.17. The van der Waals surface area contributed by atoms with Crippen LogP contribution in [0.3, 0.4) is 0 Å². The Morgan fingerprint density at radius 1 is 0.939 bits per heavy atom. The standard InChI is InChI=1S/C20H14F6N6O/c1-31-17(20(24,25)26)13(9-27-31)18(33)29-12-7-5-11(6-8-12)28-15-3-2-4-16-30-14(10-32(15)16)19(21,22)23/h2-10,28H,1H3,(H,29,33). The predicted octanol–water partition coefficient (Wildman–Crippen LogP) is 5.10. The van der Waals surface area contributed by atoms with Gasteiger partial charge in [-0.25, -0.2) is 4.98 Å². The summed E-state index contributed by atoms with van der Waals surface area (Å²) in [6.45, 7) is 0. The van der Waals surface area contributed by atoms with Crippen molar-refractivity contribution in [2.45, 2.75) is 12.4 Å². The first-order valence-corrected chi connectivity index (χ1v) is 9.26. The summed E-state index contributed by atoms with van der Waals surface area (Å²) in [4.78, 5) is 15.9. The summed E-state index contributed by atoms with van der Waals surface area (Å²) in [5.74, 6) is -0.684. The van der Waals surface area contributed by atoms with Gasteiger partial charge in [-0.3, -0.25) is 13.9 Å². The first-order chi connectivity index (χ1) is 15.4. The van der Waals surface area contributed by atoms with Crippen LogP contribution >= 0.6 is 0 Å². The van der Waals surface area contributed by atoms with Gasteiger partial charge in [0.15, 0.2) is 11.4 Å². The number of alkyl halides is 6. The number of aryl methyl sites for hydroxylation is 1. The molecule has 3 aromatic heterocycles. The molecule has 0 saturated heterocycles. The molecule has 0 spiro atoms. The number of benzene rings is 1. The number of aromatic nitrogens is 4. The molecular formula is C20H14F6N6O. The number of amides is 1. The highest BCUT2D eigenvalue weighted by Crippen LogP contribution is 2.32. The zero-order chi connectivity index (χ0) is 24.0. The Kier molecular flexibility index (Phi) is 5.26. The fraction of sp³-hybridized carbons (Fsp3) is 0.150. The number of hydrogen-bond donors (Lipinski definition) is 2. The van der Waals surface area contributed by atoms with Crippen molar-refractivity contribution in [2.24, 2.45) is 7.05 Å². The van der Waals surface area contributed by atoms with Crippen molar-refractivity contribution >= 4 is 28.7 Å². The number of carbonyl (C=O) groups is 1. The summed E-state index contributed by atoms with van der Waals surface area (Å²) in [6.07, 6.45) is -7.66. The molecule has 0 aliphatic heterocycles. The highest BCUT2D eigenvalue weighted by atomic mass is 19.4. The molecule has 13 heteroatoms. The number of hydrogen-bond acceptors (Lipinski definition) is 4. The summed E-state index contributed by atoms with van der Waals surface area (Å²) in [6, 6.07) is 10.4. The van der Waals surface area contributed by atoms with Gasteiger partial charge in [0.2, 0.25) is 0 Å². The first kappa shape index (κ1) is 22.2. The minimum Gasteiger partial charge on any atom is -0.341 e. The molecule has 33 heavy (non-hydrogen) atoms. The van der Waals surface area contributed by atoms with E-state index in [0.29, 0.717) is 16.2 Å². The molecule has 4 aromatic rings. The first-order valence-electron chi connectivity index (χ1n) is 9.26. The Hall–Kier alpha value is -4.03. The zero-order valence-electron chi connectivity index (χ0n) is 16.7. The summed E-state index contributed by atoms with van der Waals surface area (Å²) >= 11 is 0. The van der Waals surface area contributed by atoms with Gasteiger partial charge in [-0.1, -0.05) is 6.07 Å². The monoisotopic (exact) mass is 468 g/mol. The average Bonchev–Trinajstić information content (AvgIpc) is 3.33. The maximum Gasteiger partial charge on any atom is 0.434 e. The molecule has 0 bridgehead atoms. The van der Waals surface area contributed by atoms with Gasteiger partial charge in [-0.2, -0.15) is 31.4 Å². The van der Waals surface area contributed by atoms with Gasteiger partial charge in [0, 0.05) is 24.6 Å². The lowest BCUT2D eigenvalue weighted by Crippen LogP contribution is -2.20. The second-order valence-electron chi connectivity index (χ2n) is 6.95. The number of halogens is 6. The Labute approximate surface area is 181 Å². The molecule has 0 unspecified atom stereocenters. The van der Waals surface area contributed by atoms with Crippen LogP contribution in [0.25, 0.3) is 5.65 Å². The van der Waals surface area contributed by atoms with Crippen molar-refractivity contribution in [3.63, 3.8) is 0 Å². The van der Waals surface area contributed by atoms with Crippen LogP contribution in [0.1, 0.15) is 21.7 Å². The van der Waals surface area contributed by atoms with Gasteiger partial charge in [-0.15, -0.1) is 0 Å². The topological polar surface area (TPSA) is 76.2 Å². The average molecular weight is 468 g/mol. The number of carbonyl (C=O) groups excluding carboxylic acids is 1. The number of pyridine rings is 1. The summed E-state index contributed by atoms with van der Waals surface area (Å²) < 4.78 is 80.1. The van der Waals surface area contributed by atoms with Crippen LogP contribution in [-0.4, -0.2) is 25.1 Å². The summed E-state index contributed by atoms with van der Waals surface area (Å²) in [5, 5.41) is 8.80. The lowest BCUT2D eigenvalue weighted by molar-refractivity contribution is -0.144. The molecule has 1 aromatic carbocycles. The molecule has 0 atom stereocenters. The minimum absolute atomic E-state index is 0.0909. The van der Waals surface area contributed by atoms with Gasteiger partial charge >= 0.3 is 12.4 Å². The van der Waals surface area contributed by atoms with E-state index < -0.39 is 35.2 Å². The highest BCUT2D eigenvalue weighted by molar-refractivity contribution is 6.05. The second-order valence-corrected chi connectivity index (χ2v) is 6.95. The normalized spacial score (nSPS) is 12.2. The molecule has 0 aliphatic carbocycles. The third-order valence-corrected chi connectivity index (χ3v) is 4.65. The van der Waals surface area contributed by atoms with E-state index in [1.165, 1.54) is 40.8 Å². The SMILES string of the molecule is Cn1ncc(C(=O)Nc2ccc(Nc3cccc4nc(C(F)(F)F)cn34)cc2)c1C(F)(F)F. The van der Waals surface area contributed by atoms with Gasteiger partial charge in [-0.05, 0) is 36.4 Å². The Morgan fingerprint density at radius 3 is 2.24 bits per heavy atom. The third-order valence-electron chi connectivity index (χ3n) is 4.65. The van der Waals surface area contributed by atoms with Crippen LogP contribution in [0, 0.1) is 0 Å². The van der Waals surface area contributed by atoms with E-state index in [1.807, 2.05) is 0 Å². The minimum atomic E-state index is -4.76. The van der Waals surface area contributed by atoms with E-state index in [4.69, 9.17) is 0 Å². The smallest absolute Gasteiger partial charge is 0.341 e. The molecule has 0 saturated carbocycles. The van der Waals surface area contributed by atoms with Gasteiger partial charge in [0.25, 0.3) is 5.91 Å². The van der Waals surface area contributed by atoms with Crippen LogP contribution in [0.5, 0.6) is 0 Å². The van der Waals surface area contributed by atoms with E-state index in [2.05, 4.69) is 20.7 Å². The Morgan fingerprint density at radius 2 is 1.61 bits per heavy atom. The highest BCUT2D eigenvalue weighted by Gasteiger charge is 2.39. The second kappa shape index (κ2) is 7.83. The Bertz CT molecular complexity index is 1320. The molecule has 7 nitrogen and oxygen atoms in total. The Balaban J connectivity index is 1.52. The van der Waals surface area contributed by atoms with Crippen molar-refractivity contribution in [3.8, 4) is 0 Å². The van der Waals surface area contributed by atoms with Crippen LogP contribution in [0.15, 0.2) is 54.9 Å².